The van der Waals surface area contributed by atoms with Crippen LogP contribution < -0.4 is 11.1 Å². The van der Waals surface area contributed by atoms with Crippen molar-refractivity contribution in [3.8, 4) is 0 Å². The third-order valence-corrected chi connectivity index (χ3v) is 3.35. The molecule has 0 aliphatic carbocycles. The van der Waals surface area contributed by atoms with Crippen molar-refractivity contribution in [1.29, 1.82) is 0 Å². The van der Waals surface area contributed by atoms with Crippen LogP contribution in [0.1, 0.15) is 20.8 Å². The summed E-state index contributed by atoms with van der Waals surface area (Å²) in [5.41, 5.74) is 7.02. The van der Waals surface area contributed by atoms with Crippen LogP contribution in [0.4, 0.5) is 11.4 Å². The fourth-order valence-corrected chi connectivity index (χ4v) is 1.53. The van der Waals surface area contributed by atoms with Gasteiger partial charge in [0.2, 0.25) is 5.91 Å². The molecule has 88 valence electrons. The largest absolute Gasteiger partial charge is 0.399 e. The van der Waals surface area contributed by atoms with Crippen molar-refractivity contribution in [2.24, 2.45) is 11.8 Å². The van der Waals surface area contributed by atoms with E-state index in [4.69, 9.17) is 5.73 Å². The molecule has 1 unspecified atom stereocenters. The van der Waals surface area contributed by atoms with Crippen LogP contribution in [-0.4, -0.2) is 5.91 Å². The highest BCUT2D eigenvalue weighted by atomic mass is 79.9. The van der Waals surface area contributed by atoms with Crippen LogP contribution in [0.2, 0.25) is 0 Å². The van der Waals surface area contributed by atoms with Crippen LogP contribution in [0, 0.1) is 11.8 Å². The number of rotatable bonds is 3. The summed E-state index contributed by atoms with van der Waals surface area (Å²) in [6.07, 6.45) is 0. The summed E-state index contributed by atoms with van der Waals surface area (Å²) < 4.78 is 0.839. The van der Waals surface area contributed by atoms with Gasteiger partial charge in [0, 0.05) is 16.1 Å². The minimum Gasteiger partial charge on any atom is -0.399 e. The first-order valence-electron chi connectivity index (χ1n) is 5.27. The Labute approximate surface area is 105 Å². The highest BCUT2D eigenvalue weighted by molar-refractivity contribution is 9.10. The molecule has 0 spiro atoms. The number of halogens is 1. The van der Waals surface area contributed by atoms with E-state index in [1.54, 1.807) is 12.1 Å². The van der Waals surface area contributed by atoms with E-state index in [2.05, 4.69) is 21.2 Å². The molecule has 1 rings (SSSR count). The maximum absolute atomic E-state index is 11.8. The van der Waals surface area contributed by atoms with Crippen LogP contribution in [0.5, 0.6) is 0 Å². The van der Waals surface area contributed by atoms with Crippen LogP contribution in [0.3, 0.4) is 0 Å². The third kappa shape index (κ3) is 3.23. The van der Waals surface area contributed by atoms with Gasteiger partial charge in [-0.3, -0.25) is 4.79 Å². The Balaban J connectivity index is 2.80. The Bertz CT molecular complexity index is 391. The number of anilines is 2. The monoisotopic (exact) mass is 284 g/mol. The van der Waals surface area contributed by atoms with E-state index in [1.807, 2.05) is 26.8 Å². The molecule has 1 atom stereocenters. The minimum atomic E-state index is -0.0201. The Morgan fingerprint density at radius 2 is 2.00 bits per heavy atom. The highest BCUT2D eigenvalue weighted by Gasteiger charge is 2.17. The van der Waals surface area contributed by atoms with E-state index in [-0.39, 0.29) is 11.8 Å². The first-order chi connectivity index (χ1) is 7.41. The topological polar surface area (TPSA) is 55.1 Å². The standard InChI is InChI=1S/C12H17BrN2O/c1-7(2)8(3)12(16)15-11-6-9(14)4-5-10(11)13/h4-8H,14H2,1-3H3,(H,15,16). The number of hydrogen-bond acceptors (Lipinski definition) is 2. The SMILES string of the molecule is CC(C)C(C)C(=O)Nc1cc(N)ccc1Br. The molecule has 0 fully saturated rings. The molecule has 1 amide bonds. The van der Waals surface area contributed by atoms with Gasteiger partial charge in [0.25, 0.3) is 0 Å². The van der Waals surface area contributed by atoms with Gasteiger partial charge in [-0.15, -0.1) is 0 Å². The van der Waals surface area contributed by atoms with Gasteiger partial charge in [-0.2, -0.15) is 0 Å². The number of nitrogens with one attached hydrogen (secondary N) is 1. The summed E-state index contributed by atoms with van der Waals surface area (Å²) in [6, 6.07) is 5.35. The molecule has 0 aliphatic heterocycles. The number of carbonyl (C=O) groups excluding carboxylic acids is 1. The van der Waals surface area contributed by atoms with Crippen molar-refractivity contribution in [1.82, 2.24) is 0 Å². The molecular weight excluding hydrogens is 268 g/mol. The summed E-state index contributed by atoms with van der Waals surface area (Å²) in [6.45, 7) is 5.97. The quantitative estimate of drug-likeness (QED) is 0.837. The van der Waals surface area contributed by atoms with E-state index in [0.717, 1.165) is 10.2 Å². The second-order valence-electron chi connectivity index (χ2n) is 4.26. The first-order valence-corrected chi connectivity index (χ1v) is 6.07. The fraction of sp³-hybridized carbons (Fsp3) is 0.417. The molecule has 3 N–H and O–H groups in total. The number of amides is 1. The van der Waals surface area contributed by atoms with Gasteiger partial charge < -0.3 is 11.1 Å². The van der Waals surface area contributed by atoms with Crippen molar-refractivity contribution in [3.05, 3.63) is 22.7 Å². The highest BCUT2D eigenvalue weighted by Crippen LogP contribution is 2.25. The van der Waals surface area contributed by atoms with Crippen molar-refractivity contribution in [2.45, 2.75) is 20.8 Å². The lowest BCUT2D eigenvalue weighted by atomic mass is 9.97. The molecule has 4 heteroatoms. The molecular formula is C12H17BrN2O. The van der Waals surface area contributed by atoms with Crippen molar-refractivity contribution < 1.29 is 4.79 Å². The lowest BCUT2D eigenvalue weighted by Crippen LogP contribution is -2.24. The predicted octanol–water partition coefficient (Wildman–Crippen LogP) is 3.26. The molecule has 0 saturated carbocycles. The van der Waals surface area contributed by atoms with E-state index < -0.39 is 0 Å². The average molecular weight is 285 g/mol. The minimum absolute atomic E-state index is 0.0151. The number of hydrogen-bond donors (Lipinski definition) is 2. The second kappa shape index (κ2) is 5.34. The lowest BCUT2D eigenvalue weighted by molar-refractivity contribution is -0.120. The molecule has 0 radical (unpaired) electrons. The van der Waals surface area contributed by atoms with E-state index in [1.165, 1.54) is 0 Å². The molecule has 3 nitrogen and oxygen atoms in total. The van der Waals surface area contributed by atoms with Crippen molar-refractivity contribution >= 4 is 33.2 Å². The normalized spacial score (nSPS) is 12.6. The Kier molecular flexibility index (Phi) is 4.35. The third-order valence-electron chi connectivity index (χ3n) is 2.66. The fourth-order valence-electron chi connectivity index (χ4n) is 1.19. The molecule has 1 aromatic carbocycles. The van der Waals surface area contributed by atoms with Gasteiger partial charge in [-0.05, 0) is 40.0 Å². The van der Waals surface area contributed by atoms with Crippen LogP contribution in [-0.2, 0) is 4.79 Å². The number of nitrogens with two attached hydrogens (primary N) is 1. The molecule has 0 saturated heterocycles. The molecule has 0 aliphatic rings. The Morgan fingerprint density at radius 1 is 1.38 bits per heavy atom. The van der Waals surface area contributed by atoms with Crippen molar-refractivity contribution in [2.75, 3.05) is 11.1 Å². The zero-order chi connectivity index (χ0) is 12.3. The summed E-state index contributed by atoms with van der Waals surface area (Å²) in [7, 11) is 0. The van der Waals surface area contributed by atoms with E-state index in [0.29, 0.717) is 11.6 Å². The van der Waals surface area contributed by atoms with Crippen molar-refractivity contribution in [3.63, 3.8) is 0 Å². The van der Waals surface area contributed by atoms with E-state index >= 15 is 0 Å². The summed E-state index contributed by atoms with van der Waals surface area (Å²) in [4.78, 5) is 11.8. The zero-order valence-electron chi connectivity index (χ0n) is 9.75. The van der Waals surface area contributed by atoms with Crippen LogP contribution in [0.15, 0.2) is 22.7 Å². The van der Waals surface area contributed by atoms with Crippen LogP contribution >= 0.6 is 15.9 Å². The van der Waals surface area contributed by atoms with E-state index in [9.17, 15) is 4.79 Å². The maximum atomic E-state index is 11.8. The Morgan fingerprint density at radius 3 is 2.56 bits per heavy atom. The average Bonchev–Trinajstić information content (AvgIpc) is 2.22. The summed E-state index contributed by atoms with van der Waals surface area (Å²) in [5.74, 6) is 0.314. The predicted molar refractivity (Wildman–Crippen MR) is 71.2 cm³/mol. The molecule has 16 heavy (non-hydrogen) atoms. The smallest absolute Gasteiger partial charge is 0.227 e. The van der Waals surface area contributed by atoms with Crippen LogP contribution in [0.25, 0.3) is 0 Å². The molecule has 0 heterocycles. The lowest BCUT2D eigenvalue weighted by Gasteiger charge is -2.16. The van der Waals surface area contributed by atoms with Gasteiger partial charge in [0.05, 0.1) is 5.69 Å². The maximum Gasteiger partial charge on any atom is 0.227 e. The summed E-state index contributed by atoms with van der Waals surface area (Å²) in [5, 5.41) is 2.87. The number of carbonyl (C=O) groups is 1. The Hall–Kier alpha value is -1.03. The number of benzene rings is 1. The van der Waals surface area contributed by atoms with Gasteiger partial charge in [0.1, 0.15) is 0 Å². The van der Waals surface area contributed by atoms with Gasteiger partial charge >= 0.3 is 0 Å². The molecule has 0 aromatic heterocycles. The van der Waals surface area contributed by atoms with Gasteiger partial charge in [-0.1, -0.05) is 20.8 Å². The number of nitrogen functional groups attached to an aromatic ring is 1. The molecule has 1 aromatic rings. The first kappa shape index (κ1) is 13.0. The second-order valence-corrected chi connectivity index (χ2v) is 5.12. The zero-order valence-corrected chi connectivity index (χ0v) is 11.3. The summed E-state index contributed by atoms with van der Waals surface area (Å²) >= 11 is 3.37. The molecule has 0 bridgehead atoms. The van der Waals surface area contributed by atoms with Gasteiger partial charge in [-0.25, -0.2) is 0 Å². The van der Waals surface area contributed by atoms with Gasteiger partial charge in [0.15, 0.2) is 0 Å².